The lowest BCUT2D eigenvalue weighted by Crippen LogP contribution is -2.44. The average molecular weight is 259 g/mol. The number of anilines is 1. The number of aromatic nitrogens is 1. The number of rotatable bonds is 0. The minimum absolute atomic E-state index is 0.0131. The molecule has 0 saturated heterocycles. The highest BCUT2D eigenvalue weighted by atomic mass is 35.5. The molecule has 0 saturated carbocycles. The lowest BCUT2D eigenvalue weighted by Gasteiger charge is -2.31. The molecule has 0 N–H and O–H groups in total. The van der Waals surface area contributed by atoms with Crippen LogP contribution in [0.5, 0.6) is 0 Å². The lowest BCUT2D eigenvalue weighted by molar-refractivity contribution is -0.118. The van der Waals surface area contributed by atoms with Crippen molar-refractivity contribution >= 4 is 34.9 Å². The van der Waals surface area contributed by atoms with E-state index in [1.165, 1.54) is 0 Å². The number of amides is 1. The Balaban J connectivity index is 2.61. The van der Waals surface area contributed by atoms with Gasteiger partial charge in [-0.05, 0) is 26.8 Å². The lowest BCUT2D eigenvalue weighted by atomic mass is 10.1. The van der Waals surface area contributed by atoms with E-state index in [1.54, 1.807) is 11.0 Å². The van der Waals surface area contributed by atoms with Crippen molar-refractivity contribution in [3.63, 3.8) is 0 Å². The molecule has 0 unspecified atom stereocenters. The number of pyridine rings is 1. The average Bonchev–Trinajstić information content (AvgIpc) is 2.40. The van der Waals surface area contributed by atoms with E-state index >= 15 is 0 Å². The summed E-state index contributed by atoms with van der Waals surface area (Å²) in [7, 11) is 0. The van der Waals surface area contributed by atoms with Crippen LogP contribution in [0.1, 0.15) is 26.3 Å². The van der Waals surface area contributed by atoms with Crippen LogP contribution in [-0.2, 0) is 11.2 Å². The fraction of sp³-hybridized carbons (Fsp3) is 0.455. The van der Waals surface area contributed by atoms with Gasteiger partial charge in [-0.2, -0.15) is 0 Å². The van der Waals surface area contributed by atoms with Crippen molar-refractivity contribution in [1.29, 1.82) is 0 Å². The molecule has 1 aromatic rings. The van der Waals surface area contributed by atoms with Crippen molar-refractivity contribution < 1.29 is 4.79 Å². The van der Waals surface area contributed by atoms with Gasteiger partial charge in [-0.15, -0.1) is 0 Å². The van der Waals surface area contributed by atoms with Gasteiger partial charge in [0.05, 0.1) is 11.4 Å². The Bertz CT molecular complexity index is 466. The van der Waals surface area contributed by atoms with Crippen LogP contribution < -0.4 is 4.90 Å². The number of fused-ring (bicyclic) bond motifs is 1. The summed E-state index contributed by atoms with van der Waals surface area (Å²) < 4.78 is 0. The first-order chi connectivity index (χ1) is 7.30. The zero-order chi connectivity index (χ0) is 12.1. The Labute approximate surface area is 104 Å². The van der Waals surface area contributed by atoms with E-state index < -0.39 is 0 Å². The molecule has 2 heterocycles. The Kier molecular flexibility index (Phi) is 2.63. The molecule has 1 aliphatic rings. The molecule has 1 aromatic heterocycles. The van der Waals surface area contributed by atoms with Crippen molar-refractivity contribution in [1.82, 2.24) is 4.98 Å². The standard InChI is InChI=1S/C11H12Cl2N2O/c1-11(2,3)15-9(16)4-6-7(12)5-8(13)14-10(6)15/h5H,4H2,1-3H3. The van der Waals surface area contributed by atoms with Crippen molar-refractivity contribution in [3.05, 3.63) is 21.8 Å². The quantitative estimate of drug-likeness (QED) is 0.671. The molecule has 3 nitrogen and oxygen atoms in total. The third-order valence-electron chi connectivity index (χ3n) is 2.48. The second kappa shape index (κ2) is 3.60. The fourth-order valence-electron chi connectivity index (χ4n) is 1.89. The normalized spacial score (nSPS) is 15.6. The Hall–Kier alpha value is -0.800. The highest BCUT2D eigenvalue weighted by Crippen LogP contribution is 2.37. The van der Waals surface area contributed by atoms with E-state index in [0.29, 0.717) is 22.4 Å². The summed E-state index contributed by atoms with van der Waals surface area (Å²) in [5.41, 5.74) is 0.453. The Morgan fingerprint density at radius 1 is 1.38 bits per heavy atom. The first kappa shape index (κ1) is 11.7. The number of halogens is 2. The highest BCUT2D eigenvalue weighted by Gasteiger charge is 2.37. The van der Waals surface area contributed by atoms with Gasteiger partial charge in [0.2, 0.25) is 5.91 Å². The first-order valence-electron chi connectivity index (χ1n) is 4.98. The smallest absolute Gasteiger partial charge is 0.233 e. The number of nitrogens with zero attached hydrogens (tertiary/aromatic N) is 2. The molecule has 0 aromatic carbocycles. The topological polar surface area (TPSA) is 33.2 Å². The summed E-state index contributed by atoms with van der Waals surface area (Å²) in [5, 5.41) is 0.822. The molecule has 1 aliphatic heterocycles. The van der Waals surface area contributed by atoms with Crippen LogP contribution in [0.15, 0.2) is 6.07 Å². The second-order valence-corrected chi connectivity index (χ2v) is 5.60. The van der Waals surface area contributed by atoms with Crippen LogP contribution >= 0.6 is 23.2 Å². The maximum Gasteiger partial charge on any atom is 0.233 e. The number of hydrogen-bond donors (Lipinski definition) is 0. The van der Waals surface area contributed by atoms with E-state index in [9.17, 15) is 4.79 Å². The molecule has 5 heteroatoms. The van der Waals surface area contributed by atoms with Crippen molar-refractivity contribution in [3.8, 4) is 0 Å². The molecule has 2 rings (SSSR count). The third kappa shape index (κ3) is 1.78. The number of carbonyl (C=O) groups excluding carboxylic acids is 1. The van der Waals surface area contributed by atoms with Crippen molar-refractivity contribution in [2.24, 2.45) is 0 Å². The number of hydrogen-bond acceptors (Lipinski definition) is 2. The van der Waals surface area contributed by atoms with Crippen LogP contribution in [0.25, 0.3) is 0 Å². The molecular weight excluding hydrogens is 247 g/mol. The maximum atomic E-state index is 11.9. The van der Waals surface area contributed by atoms with Gasteiger partial charge < -0.3 is 0 Å². The van der Waals surface area contributed by atoms with Crippen LogP contribution in [0, 0.1) is 0 Å². The van der Waals surface area contributed by atoms with Gasteiger partial charge in [0.1, 0.15) is 11.0 Å². The van der Waals surface area contributed by atoms with Crippen LogP contribution in [0.4, 0.5) is 5.82 Å². The molecule has 0 fully saturated rings. The summed E-state index contributed by atoms with van der Waals surface area (Å²) in [6.07, 6.45) is 0.301. The maximum absolute atomic E-state index is 11.9. The minimum Gasteiger partial charge on any atom is -0.291 e. The molecule has 0 bridgehead atoms. The molecule has 86 valence electrons. The van der Waals surface area contributed by atoms with Gasteiger partial charge in [-0.3, -0.25) is 9.69 Å². The monoisotopic (exact) mass is 258 g/mol. The summed E-state index contributed by atoms with van der Waals surface area (Å²) in [6.45, 7) is 5.86. The molecule has 16 heavy (non-hydrogen) atoms. The van der Waals surface area contributed by atoms with E-state index in [0.717, 1.165) is 5.56 Å². The van der Waals surface area contributed by atoms with Crippen LogP contribution in [0.3, 0.4) is 0 Å². The second-order valence-electron chi connectivity index (χ2n) is 4.81. The van der Waals surface area contributed by atoms with E-state index in [2.05, 4.69) is 4.98 Å². The van der Waals surface area contributed by atoms with Gasteiger partial charge in [0, 0.05) is 11.1 Å². The largest absolute Gasteiger partial charge is 0.291 e. The van der Waals surface area contributed by atoms with Gasteiger partial charge >= 0.3 is 0 Å². The summed E-state index contributed by atoms with van der Waals surface area (Å²) in [5.74, 6) is 0.606. The zero-order valence-corrected chi connectivity index (χ0v) is 10.9. The van der Waals surface area contributed by atoms with Crippen molar-refractivity contribution in [2.45, 2.75) is 32.7 Å². The van der Waals surface area contributed by atoms with E-state index in [4.69, 9.17) is 23.2 Å². The van der Waals surface area contributed by atoms with E-state index in [-0.39, 0.29) is 11.4 Å². The molecule has 0 aliphatic carbocycles. The Morgan fingerprint density at radius 2 is 2.00 bits per heavy atom. The molecule has 1 amide bonds. The predicted molar refractivity (Wildman–Crippen MR) is 65.2 cm³/mol. The molecular formula is C11H12Cl2N2O. The van der Waals surface area contributed by atoms with Crippen molar-refractivity contribution in [2.75, 3.05) is 4.90 Å². The molecule has 0 radical (unpaired) electrons. The van der Waals surface area contributed by atoms with Gasteiger partial charge in [-0.1, -0.05) is 23.2 Å². The highest BCUT2D eigenvalue weighted by molar-refractivity contribution is 6.35. The SMILES string of the molecule is CC(C)(C)N1C(=O)Cc2c(Cl)cc(Cl)nc21. The minimum atomic E-state index is -0.316. The van der Waals surface area contributed by atoms with Gasteiger partial charge in [-0.25, -0.2) is 4.98 Å². The van der Waals surface area contributed by atoms with Crippen LogP contribution in [0.2, 0.25) is 10.2 Å². The third-order valence-corrected chi connectivity index (χ3v) is 3.01. The molecule has 0 spiro atoms. The van der Waals surface area contributed by atoms with Gasteiger partial charge in [0.25, 0.3) is 0 Å². The summed E-state index contributed by atoms with van der Waals surface area (Å²) in [4.78, 5) is 17.8. The summed E-state index contributed by atoms with van der Waals surface area (Å²) >= 11 is 11.9. The fourth-order valence-corrected chi connectivity index (χ4v) is 2.39. The van der Waals surface area contributed by atoms with E-state index in [1.807, 2.05) is 20.8 Å². The van der Waals surface area contributed by atoms with Crippen LogP contribution in [-0.4, -0.2) is 16.4 Å². The zero-order valence-electron chi connectivity index (χ0n) is 9.34. The first-order valence-corrected chi connectivity index (χ1v) is 5.74. The molecule has 0 atom stereocenters. The number of carbonyl (C=O) groups is 1. The van der Waals surface area contributed by atoms with Gasteiger partial charge in [0.15, 0.2) is 0 Å². The summed E-state index contributed by atoms with van der Waals surface area (Å²) in [6, 6.07) is 1.57. The Morgan fingerprint density at radius 3 is 2.56 bits per heavy atom. The predicted octanol–water partition coefficient (Wildman–Crippen LogP) is 3.08.